The number of ether oxygens (including phenoxy) is 1. The Bertz CT molecular complexity index is 447. The molecule has 0 fully saturated rings. The van der Waals surface area contributed by atoms with Gasteiger partial charge in [-0.2, -0.15) is 0 Å². The summed E-state index contributed by atoms with van der Waals surface area (Å²) in [5.74, 6) is 0.519. The molecule has 0 N–H and O–H groups in total. The van der Waals surface area contributed by atoms with E-state index in [4.69, 9.17) is 4.74 Å². The van der Waals surface area contributed by atoms with Gasteiger partial charge < -0.3 is 9.64 Å². The van der Waals surface area contributed by atoms with Crippen LogP contribution in [0.5, 0.6) is 0 Å². The van der Waals surface area contributed by atoms with Gasteiger partial charge in [-0.05, 0) is 58.5 Å². The Morgan fingerprint density at radius 3 is 1.62 bits per heavy atom. The minimum Gasteiger partial charge on any atom is -0.465 e. The van der Waals surface area contributed by atoms with Crippen molar-refractivity contribution < 1.29 is 9.53 Å². The number of unbranched alkanes of at least 4 members (excludes halogenated alkanes) is 15. The largest absolute Gasteiger partial charge is 0.465 e. The molecule has 0 radical (unpaired) electrons. The quantitative estimate of drug-likeness (QED) is 0.0702. The molecule has 202 valence electrons. The molecular formula is C31H61NO2. The molecule has 3 heteroatoms. The molecule has 1 unspecified atom stereocenters. The molecule has 0 bridgehead atoms. The van der Waals surface area contributed by atoms with Crippen molar-refractivity contribution in [2.45, 2.75) is 149 Å². The van der Waals surface area contributed by atoms with Gasteiger partial charge in [0, 0.05) is 6.54 Å². The van der Waals surface area contributed by atoms with E-state index in [1.807, 2.05) is 19.0 Å². The zero-order chi connectivity index (χ0) is 25.1. The number of rotatable bonds is 26. The van der Waals surface area contributed by atoms with Gasteiger partial charge in [-0.1, -0.05) is 116 Å². The summed E-state index contributed by atoms with van der Waals surface area (Å²) in [6, 6.07) is 0. The first-order valence-electron chi connectivity index (χ1n) is 15.0. The summed E-state index contributed by atoms with van der Waals surface area (Å²) in [6.07, 6.45) is 31.9. The van der Waals surface area contributed by atoms with Crippen LogP contribution < -0.4 is 0 Å². The molecule has 0 amide bonds. The Hall–Kier alpha value is -0.830. The molecule has 34 heavy (non-hydrogen) atoms. The number of hydrogen-bond acceptors (Lipinski definition) is 3. The second-order valence-corrected chi connectivity index (χ2v) is 10.7. The maximum absolute atomic E-state index is 12.0. The number of carbonyl (C=O) groups is 1. The summed E-state index contributed by atoms with van der Waals surface area (Å²) in [6.45, 7) is 5.94. The van der Waals surface area contributed by atoms with Gasteiger partial charge in [-0.15, -0.1) is 0 Å². The highest BCUT2D eigenvalue weighted by molar-refractivity contribution is 5.69. The standard InChI is InChI=1S/C31H61NO2/c1-5-7-9-11-12-13-14-15-16-17-18-19-20-21-22-24-26-30(25-23-10-8-6-2)29-34-31(33)27-28-32(3)4/h15-16,30H,5-14,17-29H2,1-4H3/b16-15-. The minimum atomic E-state index is -0.0340. The zero-order valence-corrected chi connectivity index (χ0v) is 23.8. The number of carbonyl (C=O) groups excluding carboxylic acids is 1. The van der Waals surface area contributed by atoms with E-state index in [1.165, 1.54) is 128 Å². The van der Waals surface area contributed by atoms with Crippen LogP contribution in [0.4, 0.5) is 0 Å². The third-order valence-electron chi connectivity index (χ3n) is 6.83. The van der Waals surface area contributed by atoms with E-state index in [0.717, 1.165) is 6.54 Å². The lowest BCUT2D eigenvalue weighted by atomic mass is 9.95. The zero-order valence-electron chi connectivity index (χ0n) is 23.8. The van der Waals surface area contributed by atoms with Gasteiger partial charge in [0.2, 0.25) is 0 Å². The van der Waals surface area contributed by atoms with Crippen LogP contribution in [-0.2, 0) is 9.53 Å². The van der Waals surface area contributed by atoms with Gasteiger partial charge in [0.15, 0.2) is 0 Å². The summed E-state index contributed by atoms with van der Waals surface area (Å²) >= 11 is 0. The van der Waals surface area contributed by atoms with Crippen LogP contribution in [-0.4, -0.2) is 38.1 Å². The lowest BCUT2D eigenvalue weighted by Gasteiger charge is -2.17. The summed E-state index contributed by atoms with van der Waals surface area (Å²) < 4.78 is 5.62. The molecule has 0 aliphatic carbocycles. The molecule has 0 aromatic carbocycles. The molecule has 0 rings (SSSR count). The Morgan fingerprint density at radius 1 is 0.676 bits per heavy atom. The van der Waals surface area contributed by atoms with Crippen LogP contribution in [0.1, 0.15) is 149 Å². The van der Waals surface area contributed by atoms with Crippen molar-refractivity contribution >= 4 is 5.97 Å². The Morgan fingerprint density at radius 2 is 1.12 bits per heavy atom. The van der Waals surface area contributed by atoms with Crippen molar-refractivity contribution in [3.8, 4) is 0 Å². The molecule has 0 spiro atoms. The van der Waals surface area contributed by atoms with Gasteiger partial charge in [-0.25, -0.2) is 0 Å². The van der Waals surface area contributed by atoms with E-state index in [-0.39, 0.29) is 5.97 Å². The molecule has 0 heterocycles. The predicted molar refractivity (Wildman–Crippen MR) is 150 cm³/mol. The monoisotopic (exact) mass is 479 g/mol. The summed E-state index contributed by atoms with van der Waals surface area (Å²) in [5, 5.41) is 0. The third-order valence-corrected chi connectivity index (χ3v) is 6.83. The van der Waals surface area contributed by atoms with E-state index in [9.17, 15) is 4.79 Å². The fourth-order valence-electron chi connectivity index (χ4n) is 4.45. The highest BCUT2D eigenvalue weighted by atomic mass is 16.5. The van der Waals surface area contributed by atoms with Crippen LogP contribution in [0, 0.1) is 5.92 Å². The van der Waals surface area contributed by atoms with E-state index >= 15 is 0 Å². The fraction of sp³-hybridized carbons (Fsp3) is 0.903. The van der Waals surface area contributed by atoms with Crippen LogP contribution >= 0.6 is 0 Å². The SMILES string of the molecule is CCCCCCCC/C=C\CCCCCCCCC(CCCCCC)COC(=O)CCN(C)C. The van der Waals surface area contributed by atoms with Gasteiger partial charge in [0.1, 0.15) is 0 Å². The average molecular weight is 480 g/mol. The maximum Gasteiger partial charge on any atom is 0.307 e. The van der Waals surface area contributed by atoms with Crippen LogP contribution in [0.2, 0.25) is 0 Å². The van der Waals surface area contributed by atoms with Crippen LogP contribution in [0.25, 0.3) is 0 Å². The summed E-state index contributed by atoms with van der Waals surface area (Å²) in [4.78, 5) is 14.0. The molecule has 0 saturated carbocycles. The van der Waals surface area contributed by atoms with E-state index < -0.39 is 0 Å². The Balaban J connectivity index is 3.75. The first-order chi connectivity index (χ1) is 16.6. The lowest BCUT2D eigenvalue weighted by Crippen LogP contribution is -2.20. The van der Waals surface area contributed by atoms with E-state index in [0.29, 0.717) is 18.9 Å². The third kappa shape index (κ3) is 25.8. The topological polar surface area (TPSA) is 29.5 Å². The predicted octanol–water partition coefficient (Wildman–Crippen LogP) is 9.50. The molecular weight excluding hydrogens is 418 g/mol. The molecule has 0 aliphatic heterocycles. The van der Waals surface area contributed by atoms with Gasteiger partial charge in [-0.3, -0.25) is 4.79 Å². The number of nitrogens with zero attached hydrogens (tertiary/aromatic N) is 1. The number of allylic oxidation sites excluding steroid dienone is 2. The second-order valence-electron chi connectivity index (χ2n) is 10.7. The summed E-state index contributed by atoms with van der Waals surface area (Å²) in [5.41, 5.74) is 0. The van der Waals surface area contributed by atoms with Crippen LogP contribution in [0.15, 0.2) is 12.2 Å². The molecule has 0 aromatic rings. The Kier molecular flexibility index (Phi) is 26.1. The van der Waals surface area contributed by atoms with Gasteiger partial charge in [0.25, 0.3) is 0 Å². The first kappa shape index (κ1) is 33.2. The maximum atomic E-state index is 12.0. The molecule has 0 saturated heterocycles. The second kappa shape index (κ2) is 26.8. The van der Waals surface area contributed by atoms with Gasteiger partial charge in [0.05, 0.1) is 13.0 Å². The van der Waals surface area contributed by atoms with Gasteiger partial charge >= 0.3 is 5.97 Å². The van der Waals surface area contributed by atoms with Crippen molar-refractivity contribution in [2.75, 3.05) is 27.2 Å². The van der Waals surface area contributed by atoms with Crippen molar-refractivity contribution in [3.05, 3.63) is 12.2 Å². The number of hydrogen-bond donors (Lipinski definition) is 0. The van der Waals surface area contributed by atoms with Crippen molar-refractivity contribution in [1.29, 1.82) is 0 Å². The summed E-state index contributed by atoms with van der Waals surface area (Å²) in [7, 11) is 4.00. The lowest BCUT2D eigenvalue weighted by molar-refractivity contribution is -0.145. The molecule has 0 aliphatic rings. The van der Waals surface area contributed by atoms with Crippen molar-refractivity contribution in [2.24, 2.45) is 5.92 Å². The molecule has 3 nitrogen and oxygen atoms in total. The smallest absolute Gasteiger partial charge is 0.307 e. The average Bonchev–Trinajstić information content (AvgIpc) is 2.82. The van der Waals surface area contributed by atoms with E-state index in [1.54, 1.807) is 0 Å². The van der Waals surface area contributed by atoms with Crippen LogP contribution in [0.3, 0.4) is 0 Å². The van der Waals surface area contributed by atoms with E-state index in [2.05, 4.69) is 26.0 Å². The number of esters is 1. The Labute approximate surface area is 214 Å². The normalized spacial score (nSPS) is 12.6. The highest BCUT2D eigenvalue weighted by Gasteiger charge is 2.12. The van der Waals surface area contributed by atoms with Crippen molar-refractivity contribution in [1.82, 2.24) is 4.90 Å². The molecule has 1 atom stereocenters. The molecule has 0 aromatic heterocycles. The fourth-order valence-corrected chi connectivity index (χ4v) is 4.45. The minimum absolute atomic E-state index is 0.0340. The first-order valence-corrected chi connectivity index (χ1v) is 15.0. The van der Waals surface area contributed by atoms with Crippen molar-refractivity contribution in [3.63, 3.8) is 0 Å². The highest BCUT2D eigenvalue weighted by Crippen LogP contribution is 2.20.